The van der Waals surface area contributed by atoms with Crippen molar-refractivity contribution in [2.45, 2.75) is 36.7 Å². The highest BCUT2D eigenvalue weighted by Crippen LogP contribution is 2.35. The van der Waals surface area contributed by atoms with Crippen LogP contribution in [0.15, 0.2) is 34.7 Å². The minimum atomic E-state index is -3.67. The van der Waals surface area contributed by atoms with E-state index >= 15 is 0 Å². The quantitative estimate of drug-likeness (QED) is 0.754. The summed E-state index contributed by atoms with van der Waals surface area (Å²) in [6.45, 7) is 3.56. The number of benzene rings is 1. The van der Waals surface area contributed by atoms with Crippen LogP contribution in [0.4, 0.5) is 0 Å². The fourth-order valence-corrected chi connectivity index (χ4v) is 5.25. The zero-order chi connectivity index (χ0) is 17.4. The normalized spacial score (nSPS) is 21.3. The van der Waals surface area contributed by atoms with Crippen molar-refractivity contribution in [3.8, 4) is 6.07 Å². The van der Waals surface area contributed by atoms with Crippen molar-refractivity contribution in [2.24, 2.45) is 0 Å². The Hall–Kier alpha value is -1.39. The molecule has 3 rings (SSSR count). The first-order chi connectivity index (χ1) is 11.4. The van der Waals surface area contributed by atoms with Gasteiger partial charge in [-0.25, -0.2) is 8.42 Å². The van der Waals surface area contributed by atoms with Gasteiger partial charge in [-0.2, -0.15) is 9.57 Å². The van der Waals surface area contributed by atoms with Gasteiger partial charge in [0.05, 0.1) is 28.9 Å². The van der Waals surface area contributed by atoms with Crippen molar-refractivity contribution in [1.82, 2.24) is 4.31 Å². The van der Waals surface area contributed by atoms with Crippen LogP contribution in [0.5, 0.6) is 0 Å². The fourth-order valence-electron chi connectivity index (χ4n) is 3.29. The molecule has 0 bridgehead atoms. The summed E-state index contributed by atoms with van der Waals surface area (Å²) in [4.78, 5) is 0.0513. The molecular weight excluding hydrogens is 348 g/mol. The Kier molecular flexibility index (Phi) is 4.71. The van der Waals surface area contributed by atoms with E-state index in [0.717, 1.165) is 6.42 Å². The Labute approximate surface area is 147 Å². The van der Waals surface area contributed by atoms with E-state index in [-0.39, 0.29) is 15.5 Å². The van der Waals surface area contributed by atoms with Crippen molar-refractivity contribution in [3.05, 3.63) is 40.4 Å². The molecule has 0 atom stereocenters. The van der Waals surface area contributed by atoms with E-state index in [2.05, 4.69) is 13.0 Å². The molecule has 0 saturated carbocycles. The molecule has 0 aliphatic carbocycles. The molecule has 1 saturated heterocycles. The summed E-state index contributed by atoms with van der Waals surface area (Å²) in [7, 11) is -3.67. The number of sulfonamides is 1. The van der Waals surface area contributed by atoms with Gasteiger partial charge in [0.15, 0.2) is 0 Å². The van der Waals surface area contributed by atoms with E-state index in [1.54, 1.807) is 0 Å². The first kappa shape index (κ1) is 17.4. The monoisotopic (exact) mass is 366 g/mol. The van der Waals surface area contributed by atoms with Crippen LogP contribution in [0, 0.1) is 11.3 Å². The third-order valence-corrected chi connectivity index (χ3v) is 7.02. The smallest absolute Gasteiger partial charge is 0.244 e. The number of rotatable bonds is 2. The summed E-state index contributed by atoms with van der Waals surface area (Å²) in [6, 6.07) is 6.22. The SMILES string of the molecule is CC1=CC2(CCN(S(=O)(=O)c3ccc(C#N)cc3Cl)CC2)OCC1. The Balaban J connectivity index is 1.81. The van der Waals surface area contributed by atoms with Gasteiger partial charge >= 0.3 is 0 Å². The number of nitrogens with zero attached hydrogens (tertiary/aromatic N) is 2. The first-order valence-electron chi connectivity index (χ1n) is 7.88. The molecule has 24 heavy (non-hydrogen) atoms. The van der Waals surface area contributed by atoms with Crippen LogP contribution < -0.4 is 0 Å². The van der Waals surface area contributed by atoms with Crippen molar-refractivity contribution in [2.75, 3.05) is 19.7 Å². The van der Waals surface area contributed by atoms with Crippen molar-refractivity contribution >= 4 is 21.6 Å². The fraction of sp³-hybridized carbons (Fsp3) is 0.471. The summed E-state index contributed by atoms with van der Waals surface area (Å²) in [5, 5.41) is 8.96. The van der Waals surface area contributed by atoms with Crippen LogP contribution in [0.25, 0.3) is 0 Å². The predicted molar refractivity (Wildman–Crippen MR) is 91.2 cm³/mol. The first-order valence-corrected chi connectivity index (χ1v) is 9.70. The zero-order valence-corrected chi connectivity index (χ0v) is 15.0. The van der Waals surface area contributed by atoms with E-state index in [0.29, 0.717) is 38.1 Å². The van der Waals surface area contributed by atoms with Gasteiger partial charge in [-0.1, -0.05) is 23.3 Å². The number of hydrogen-bond donors (Lipinski definition) is 0. The van der Waals surface area contributed by atoms with Crippen LogP contribution in [0.2, 0.25) is 5.02 Å². The number of nitriles is 1. The average Bonchev–Trinajstić information content (AvgIpc) is 2.54. The van der Waals surface area contributed by atoms with Crippen LogP contribution in [-0.4, -0.2) is 38.0 Å². The molecule has 2 aliphatic rings. The topological polar surface area (TPSA) is 70.4 Å². The molecule has 1 aromatic carbocycles. The molecule has 0 unspecified atom stereocenters. The number of hydrogen-bond acceptors (Lipinski definition) is 4. The van der Waals surface area contributed by atoms with Crippen LogP contribution in [0.1, 0.15) is 31.7 Å². The molecule has 5 nitrogen and oxygen atoms in total. The van der Waals surface area contributed by atoms with E-state index in [1.165, 1.54) is 28.1 Å². The third kappa shape index (κ3) is 3.22. The molecule has 1 spiro atoms. The maximum atomic E-state index is 12.8. The predicted octanol–water partition coefficient (Wildman–Crippen LogP) is 3.10. The molecule has 2 aliphatic heterocycles. The average molecular weight is 367 g/mol. The summed E-state index contributed by atoms with van der Waals surface area (Å²) >= 11 is 6.08. The molecule has 128 valence electrons. The summed E-state index contributed by atoms with van der Waals surface area (Å²) in [5.74, 6) is 0. The third-order valence-electron chi connectivity index (χ3n) is 4.64. The molecule has 1 aromatic rings. The van der Waals surface area contributed by atoms with Crippen molar-refractivity contribution in [1.29, 1.82) is 5.26 Å². The summed E-state index contributed by atoms with van der Waals surface area (Å²) in [6.07, 6.45) is 4.36. The molecule has 0 aromatic heterocycles. The van der Waals surface area contributed by atoms with Gasteiger partial charge in [-0.3, -0.25) is 0 Å². The van der Waals surface area contributed by atoms with Crippen LogP contribution in [0.3, 0.4) is 0 Å². The Bertz CT molecular complexity index is 819. The molecule has 1 fully saturated rings. The lowest BCUT2D eigenvalue weighted by atomic mass is 9.88. The molecule has 2 heterocycles. The van der Waals surface area contributed by atoms with Gasteiger partial charge in [-0.15, -0.1) is 0 Å². The van der Waals surface area contributed by atoms with Gasteiger partial charge < -0.3 is 4.74 Å². The Morgan fingerprint density at radius 1 is 1.33 bits per heavy atom. The lowest BCUT2D eigenvalue weighted by molar-refractivity contribution is -0.0462. The Morgan fingerprint density at radius 2 is 2.04 bits per heavy atom. The van der Waals surface area contributed by atoms with Crippen molar-refractivity contribution in [3.63, 3.8) is 0 Å². The van der Waals surface area contributed by atoms with E-state index in [4.69, 9.17) is 21.6 Å². The minimum absolute atomic E-state index is 0.0513. The molecule has 0 N–H and O–H groups in total. The second-order valence-electron chi connectivity index (χ2n) is 6.32. The molecule has 0 amide bonds. The van der Waals surface area contributed by atoms with Gasteiger partial charge in [0, 0.05) is 13.1 Å². The van der Waals surface area contributed by atoms with Crippen molar-refractivity contribution < 1.29 is 13.2 Å². The lowest BCUT2D eigenvalue weighted by Gasteiger charge is -2.41. The van der Waals surface area contributed by atoms with Gasteiger partial charge in [0.25, 0.3) is 0 Å². The standard InChI is InChI=1S/C17H19ClN2O3S/c1-13-4-9-23-17(11-13)5-7-20(8-6-17)24(21,22)16-3-2-14(12-19)10-15(16)18/h2-3,10-11H,4-9H2,1H3. The molecular formula is C17H19ClN2O3S. The summed E-state index contributed by atoms with van der Waals surface area (Å²) < 4.78 is 33.1. The van der Waals surface area contributed by atoms with E-state index < -0.39 is 10.0 Å². The van der Waals surface area contributed by atoms with Gasteiger partial charge in [0.1, 0.15) is 4.90 Å². The van der Waals surface area contributed by atoms with E-state index in [1.807, 2.05) is 6.07 Å². The number of halogens is 1. The lowest BCUT2D eigenvalue weighted by Crippen LogP contribution is -2.48. The minimum Gasteiger partial charge on any atom is -0.370 e. The highest BCUT2D eigenvalue weighted by Gasteiger charge is 2.39. The highest BCUT2D eigenvalue weighted by molar-refractivity contribution is 7.89. The Morgan fingerprint density at radius 3 is 2.62 bits per heavy atom. The largest absolute Gasteiger partial charge is 0.370 e. The highest BCUT2D eigenvalue weighted by atomic mass is 35.5. The second-order valence-corrected chi connectivity index (χ2v) is 8.63. The van der Waals surface area contributed by atoms with Crippen LogP contribution >= 0.6 is 11.6 Å². The zero-order valence-electron chi connectivity index (χ0n) is 13.5. The molecule has 7 heteroatoms. The maximum Gasteiger partial charge on any atom is 0.244 e. The number of ether oxygens (including phenoxy) is 1. The van der Waals surface area contributed by atoms with Gasteiger partial charge in [0.2, 0.25) is 10.0 Å². The van der Waals surface area contributed by atoms with Crippen LogP contribution in [-0.2, 0) is 14.8 Å². The van der Waals surface area contributed by atoms with E-state index in [9.17, 15) is 8.42 Å². The maximum absolute atomic E-state index is 12.8. The van der Waals surface area contributed by atoms with Gasteiger partial charge in [-0.05, 0) is 44.4 Å². The second kappa shape index (κ2) is 6.49. The number of piperidine rings is 1. The molecule has 0 radical (unpaired) electrons. The summed E-state index contributed by atoms with van der Waals surface area (Å²) in [5.41, 5.74) is 1.31.